The van der Waals surface area contributed by atoms with Crippen molar-refractivity contribution in [1.29, 1.82) is 0 Å². The molecule has 0 spiro atoms. The first-order valence-electron chi connectivity index (χ1n) is 6.59. The number of rotatable bonds is 4. The average molecular weight is 335 g/mol. The smallest absolute Gasteiger partial charge is 0.325 e. The minimum absolute atomic E-state index is 0.0566. The maximum Gasteiger partial charge on any atom is 0.325 e. The van der Waals surface area contributed by atoms with Crippen LogP contribution in [0.3, 0.4) is 0 Å². The molecule has 0 atom stereocenters. The second-order valence-electron chi connectivity index (χ2n) is 4.58. The quantitative estimate of drug-likeness (QED) is 0.802. The molecule has 3 rings (SSSR count). The van der Waals surface area contributed by atoms with Crippen molar-refractivity contribution in [2.45, 2.75) is 5.16 Å². The molecule has 120 valence electrons. The van der Waals surface area contributed by atoms with E-state index in [9.17, 15) is 9.59 Å². The van der Waals surface area contributed by atoms with E-state index in [1.54, 1.807) is 29.8 Å². The number of hydrogen-bond acceptors (Lipinski definition) is 7. The summed E-state index contributed by atoms with van der Waals surface area (Å²) in [4.78, 5) is 23.5. The molecule has 0 saturated carbocycles. The van der Waals surface area contributed by atoms with Crippen LogP contribution in [0.5, 0.6) is 11.5 Å². The molecule has 1 aromatic carbocycles. The monoisotopic (exact) mass is 335 g/mol. The third kappa shape index (κ3) is 3.72. The van der Waals surface area contributed by atoms with Crippen molar-refractivity contribution in [2.75, 3.05) is 17.9 Å². The molecule has 3 amide bonds. The van der Waals surface area contributed by atoms with E-state index in [-0.39, 0.29) is 12.5 Å². The van der Waals surface area contributed by atoms with Crippen LogP contribution in [0.4, 0.5) is 10.5 Å². The van der Waals surface area contributed by atoms with E-state index in [1.807, 2.05) is 0 Å². The minimum Gasteiger partial charge on any atom is -0.454 e. The first-order chi connectivity index (χ1) is 11.1. The van der Waals surface area contributed by atoms with Gasteiger partial charge >= 0.3 is 6.03 Å². The molecule has 0 saturated heterocycles. The predicted octanol–water partition coefficient (Wildman–Crippen LogP) is 0.984. The van der Waals surface area contributed by atoms with Gasteiger partial charge in [0.15, 0.2) is 16.7 Å². The van der Waals surface area contributed by atoms with Crippen LogP contribution >= 0.6 is 11.8 Å². The molecule has 1 aromatic heterocycles. The lowest BCUT2D eigenvalue weighted by molar-refractivity contribution is -0.117. The number of fused-ring (bicyclic) bond motifs is 1. The number of imide groups is 1. The number of ether oxygens (including phenoxy) is 2. The SMILES string of the molecule is Cn1cnnc1SCC(=O)NC(=O)Nc1ccc2c(c1)OCO2. The van der Waals surface area contributed by atoms with Crippen molar-refractivity contribution in [2.24, 2.45) is 7.05 Å². The highest BCUT2D eigenvalue weighted by Crippen LogP contribution is 2.34. The first kappa shape index (κ1) is 15.2. The summed E-state index contributed by atoms with van der Waals surface area (Å²) in [6, 6.07) is 4.35. The van der Waals surface area contributed by atoms with E-state index < -0.39 is 11.9 Å². The molecule has 23 heavy (non-hydrogen) atoms. The topological polar surface area (TPSA) is 107 Å². The third-order valence-electron chi connectivity index (χ3n) is 2.89. The Morgan fingerprint density at radius 1 is 1.35 bits per heavy atom. The van der Waals surface area contributed by atoms with Gasteiger partial charge in [-0.2, -0.15) is 0 Å². The Morgan fingerprint density at radius 2 is 2.17 bits per heavy atom. The summed E-state index contributed by atoms with van der Waals surface area (Å²) < 4.78 is 12.1. The Labute approximate surface area is 135 Å². The number of aromatic nitrogens is 3. The summed E-state index contributed by atoms with van der Waals surface area (Å²) in [5.41, 5.74) is 0.500. The van der Waals surface area contributed by atoms with Crippen molar-refractivity contribution in [3.63, 3.8) is 0 Å². The lowest BCUT2D eigenvalue weighted by Gasteiger charge is -2.07. The minimum atomic E-state index is -0.618. The number of benzene rings is 1. The van der Waals surface area contributed by atoms with Gasteiger partial charge in [-0.05, 0) is 12.1 Å². The van der Waals surface area contributed by atoms with Gasteiger partial charge < -0.3 is 19.4 Å². The number of urea groups is 1. The van der Waals surface area contributed by atoms with Gasteiger partial charge in [-0.3, -0.25) is 10.1 Å². The van der Waals surface area contributed by atoms with Gasteiger partial charge in [-0.1, -0.05) is 11.8 Å². The standard InChI is InChI=1S/C13H13N5O4S/c1-18-6-14-17-13(18)23-5-11(19)16-12(20)15-8-2-3-9-10(4-8)22-7-21-9/h2-4,6H,5,7H2,1H3,(H2,15,16,19,20). The predicted molar refractivity (Wildman–Crippen MR) is 81.5 cm³/mol. The van der Waals surface area contributed by atoms with Crippen molar-refractivity contribution < 1.29 is 19.1 Å². The number of aryl methyl sites for hydroxylation is 1. The fraction of sp³-hybridized carbons (Fsp3) is 0.231. The largest absolute Gasteiger partial charge is 0.454 e. The molecule has 2 aromatic rings. The van der Waals surface area contributed by atoms with E-state index in [0.717, 1.165) is 0 Å². The molecule has 2 N–H and O–H groups in total. The highest BCUT2D eigenvalue weighted by atomic mass is 32.2. The summed E-state index contributed by atoms with van der Waals surface area (Å²) in [6.45, 7) is 0.155. The van der Waals surface area contributed by atoms with Crippen molar-refractivity contribution >= 4 is 29.4 Å². The Bertz CT molecular complexity index is 748. The Morgan fingerprint density at radius 3 is 2.96 bits per heavy atom. The number of carbonyl (C=O) groups is 2. The summed E-state index contributed by atoms with van der Waals surface area (Å²) >= 11 is 1.19. The molecule has 0 unspecified atom stereocenters. The molecule has 0 fully saturated rings. The normalized spacial score (nSPS) is 12.0. The van der Waals surface area contributed by atoms with Crippen LogP contribution in [0.2, 0.25) is 0 Å². The van der Waals surface area contributed by atoms with Gasteiger partial charge in [0.05, 0.1) is 5.75 Å². The first-order valence-corrected chi connectivity index (χ1v) is 7.57. The lowest BCUT2D eigenvalue weighted by atomic mass is 10.3. The number of carbonyl (C=O) groups excluding carboxylic acids is 2. The molecule has 10 heteroatoms. The van der Waals surface area contributed by atoms with Crippen LogP contribution in [0.25, 0.3) is 0 Å². The van der Waals surface area contributed by atoms with Crippen LogP contribution in [-0.2, 0) is 11.8 Å². The fourth-order valence-corrected chi connectivity index (χ4v) is 2.52. The number of nitrogens with zero attached hydrogens (tertiary/aromatic N) is 3. The second kappa shape index (κ2) is 6.57. The van der Waals surface area contributed by atoms with Gasteiger partial charge in [0, 0.05) is 18.8 Å². The summed E-state index contributed by atoms with van der Waals surface area (Å²) in [5, 5.41) is 12.9. The maximum absolute atomic E-state index is 11.8. The number of hydrogen-bond donors (Lipinski definition) is 2. The second-order valence-corrected chi connectivity index (χ2v) is 5.53. The third-order valence-corrected chi connectivity index (χ3v) is 3.92. The summed E-state index contributed by atoms with van der Waals surface area (Å²) in [5.74, 6) is 0.788. The molecule has 9 nitrogen and oxygen atoms in total. The summed E-state index contributed by atoms with van der Waals surface area (Å²) in [7, 11) is 1.77. The fourth-order valence-electron chi connectivity index (χ4n) is 1.83. The number of anilines is 1. The molecule has 1 aliphatic rings. The van der Waals surface area contributed by atoms with Crippen LogP contribution in [-0.4, -0.2) is 39.2 Å². The van der Waals surface area contributed by atoms with E-state index in [0.29, 0.717) is 22.3 Å². The van der Waals surface area contributed by atoms with E-state index in [4.69, 9.17) is 9.47 Å². The molecule has 0 aliphatic carbocycles. The van der Waals surface area contributed by atoms with Crippen LogP contribution < -0.4 is 20.1 Å². The van der Waals surface area contributed by atoms with Gasteiger partial charge in [-0.25, -0.2) is 4.79 Å². The molecule has 1 aliphatic heterocycles. The Kier molecular flexibility index (Phi) is 4.33. The summed E-state index contributed by atoms with van der Waals surface area (Å²) in [6.07, 6.45) is 1.53. The number of amides is 3. The van der Waals surface area contributed by atoms with Crippen LogP contribution in [0.15, 0.2) is 29.7 Å². The van der Waals surface area contributed by atoms with Gasteiger partial charge in [-0.15, -0.1) is 10.2 Å². The zero-order valence-electron chi connectivity index (χ0n) is 12.1. The molecule has 0 radical (unpaired) electrons. The van der Waals surface area contributed by atoms with E-state index >= 15 is 0 Å². The van der Waals surface area contributed by atoms with Gasteiger partial charge in [0.1, 0.15) is 6.33 Å². The van der Waals surface area contributed by atoms with Crippen LogP contribution in [0, 0.1) is 0 Å². The Balaban J connectivity index is 1.49. The zero-order chi connectivity index (χ0) is 16.2. The number of thioether (sulfide) groups is 1. The average Bonchev–Trinajstić information content (AvgIpc) is 3.13. The van der Waals surface area contributed by atoms with Crippen molar-refractivity contribution in [3.05, 3.63) is 24.5 Å². The van der Waals surface area contributed by atoms with Gasteiger partial charge in [0.25, 0.3) is 0 Å². The van der Waals surface area contributed by atoms with Crippen molar-refractivity contribution in [1.82, 2.24) is 20.1 Å². The van der Waals surface area contributed by atoms with Crippen molar-refractivity contribution in [3.8, 4) is 11.5 Å². The lowest BCUT2D eigenvalue weighted by Crippen LogP contribution is -2.35. The Hall–Kier alpha value is -2.75. The number of nitrogens with one attached hydrogen (secondary N) is 2. The molecule has 0 bridgehead atoms. The zero-order valence-corrected chi connectivity index (χ0v) is 12.9. The highest BCUT2D eigenvalue weighted by Gasteiger charge is 2.15. The highest BCUT2D eigenvalue weighted by molar-refractivity contribution is 7.99. The van der Waals surface area contributed by atoms with Gasteiger partial charge in [0.2, 0.25) is 12.7 Å². The molecular weight excluding hydrogens is 322 g/mol. The molecule has 2 heterocycles. The van der Waals surface area contributed by atoms with E-state index in [2.05, 4.69) is 20.8 Å². The maximum atomic E-state index is 11.8. The van der Waals surface area contributed by atoms with E-state index in [1.165, 1.54) is 18.1 Å². The molecular formula is C13H13N5O4S. The van der Waals surface area contributed by atoms with Crippen LogP contribution in [0.1, 0.15) is 0 Å².